The SMILES string of the molecule is CCc1cc(NCC(=O)N2CCN(C3CN(C(=O)OC(C)(C)C)C3)CC2)c(OC)cc1Cl. The monoisotopic (exact) mass is 466 g/mol. The highest BCUT2D eigenvalue weighted by Gasteiger charge is 2.38. The zero-order chi connectivity index (χ0) is 23.5. The average Bonchev–Trinajstić information content (AvgIpc) is 2.70. The summed E-state index contributed by atoms with van der Waals surface area (Å²) in [6.07, 6.45) is 0.553. The van der Waals surface area contributed by atoms with Gasteiger partial charge in [-0.1, -0.05) is 18.5 Å². The summed E-state index contributed by atoms with van der Waals surface area (Å²) in [7, 11) is 1.59. The van der Waals surface area contributed by atoms with E-state index < -0.39 is 5.60 Å². The molecule has 0 aromatic heterocycles. The molecular formula is C23H35ClN4O4. The molecule has 1 N–H and O–H groups in total. The lowest BCUT2D eigenvalue weighted by Crippen LogP contribution is -2.65. The van der Waals surface area contributed by atoms with Crippen molar-refractivity contribution in [1.82, 2.24) is 14.7 Å². The number of hydrogen-bond acceptors (Lipinski definition) is 6. The predicted molar refractivity (Wildman–Crippen MR) is 126 cm³/mol. The predicted octanol–water partition coefficient (Wildman–Crippen LogP) is 3.09. The molecule has 0 atom stereocenters. The Morgan fingerprint density at radius 1 is 1.12 bits per heavy atom. The summed E-state index contributed by atoms with van der Waals surface area (Å²) in [5.74, 6) is 0.688. The van der Waals surface area contributed by atoms with Gasteiger partial charge in [0.2, 0.25) is 5.91 Å². The minimum absolute atomic E-state index is 0.0590. The number of carbonyl (C=O) groups is 2. The summed E-state index contributed by atoms with van der Waals surface area (Å²) in [5.41, 5.74) is 1.31. The Balaban J connectivity index is 1.43. The van der Waals surface area contributed by atoms with Crippen molar-refractivity contribution in [2.24, 2.45) is 0 Å². The van der Waals surface area contributed by atoms with Crippen LogP contribution in [0.3, 0.4) is 0 Å². The smallest absolute Gasteiger partial charge is 0.410 e. The van der Waals surface area contributed by atoms with Crippen LogP contribution >= 0.6 is 11.6 Å². The number of likely N-dealkylation sites (tertiary alicyclic amines) is 1. The number of halogens is 1. The van der Waals surface area contributed by atoms with Crippen molar-refractivity contribution in [2.75, 3.05) is 58.2 Å². The summed E-state index contributed by atoms with van der Waals surface area (Å²) >= 11 is 6.26. The number of anilines is 1. The van der Waals surface area contributed by atoms with E-state index in [0.29, 0.717) is 43.0 Å². The van der Waals surface area contributed by atoms with Gasteiger partial charge >= 0.3 is 6.09 Å². The molecule has 32 heavy (non-hydrogen) atoms. The number of hydrogen-bond donors (Lipinski definition) is 1. The van der Waals surface area contributed by atoms with Gasteiger partial charge in [0.25, 0.3) is 0 Å². The number of aryl methyl sites for hydroxylation is 1. The van der Waals surface area contributed by atoms with E-state index in [1.54, 1.807) is 18.1 Å². The molecule has 9 heteroatoms. The van der Waals surface area contributed by atoms with Crippen molar-refractivity contribution in [3.63, 3.8) is 0 Å². The van der Waals surface area contributed by atoms with Gasteiger partial charge in [0, 0.05) is 56.4 Å². The zero-order valence-corrected chi connectivity index (χ0v) is 20.5. The Morgan fingerprint density at radius 3 is 2.34 bits per heavy atom. The molecule has 2 fully saturated rings. The molecule has 0 spiro atoms. The topological polar surface area (TPSA) is 74.4 Å². The third-order valence-corrected chi connectivity index (χ3v) is 6.23. The molecule has 1 aromatic carbocycles. The van der Waals surface area contributed by atoms with Crippen LogP contribution in [0.1, 0.15) is 33.3 Å². The van der Waals surface area contributed by atoms with Crippen LogP contribution in [-0.2, 0) is 16.0 Å². The molecule has 1 aromatic rings. The van der Waals surface area contributed by atoms with E-state index in [1.807, 2.05) is 38.7 Å². The second-order valence-electron chi connectivity index (χ2n) is 9.31. The van der Waals surface area contributed by atoms with Gasteiger partial charge in [0.1, 0.15) is 11.4 Å². The van der Waals surface area contributed by atoms with E-state index >= 15 is 0 Å². The number of nitrogens with zero attached hydrogens (tertiary/aromatic N) is 3. The molecule has 178 valence electrons. The minimum Gasteiger partial charge on any atom is -0.495 e. The standard InChI is InChI=1S/C23H35ClN4O4/c1-6-16-11-19(20(31-5)12-18(16)24)25-13-21(29)27-9-7-26(8-10-27)17-14-28(15-17)22(30)32-23(2,3)4/h11-12,17,25H,6-10,13-15H2,1-5H3. The summed E-state index contributed by atoms with van der Waals surface area (Å²) < 4.78 is 10.8. The number of benzene rings is 1. The number of ether oxygens (including phenoxy) is 2. The minimum atomic E-state index is -0.476. The second-order valence-corrected chi connectivity index (χ2v) is 9.71. The highest BCUT2D eigenvalue weighted by atomic mass is 35.5. The van der Waals surface area contributed by atoms with Crippen LogP contribution in [-0.4, -0.2) is 91.3 Å². The van der Waals surface area contributed by atoms with E-state index in [1.165, 1.54) is 0 Å². The van der Waals surface area contributed by atoms with Gasteiger partial charge in [-0.15, -0.1) is 0 Å². The average molecular weight is 467 g/mol. The van der Waals surface area contributed by atoms with E-state index in [-0.39, 0.29) is 18.5 Å². The van der Waals surface area contributed by atoms with Gasteiger partial charge < -0.3 is 24.6 Å². The van der Waals surface area contributed by atoms with Gasteiger partial charge in [-0.3, -0.25) is 9.69 Å². The molecule has 2 aliphatic rings. The number of piperazine rings is 1. The number of methoxy groups -OCH3 is 1. The summed E-state index contributed by atoms with van der Waals surface area (Å²) in [6.45, 7) is 12.2. The normalized spacial score (nSPS) is 17.7. The van der Waals surface area contributed by atoms with Gasteiger partial charge in [-0.2, -0.15) is 0 Å². The fourth-order valence-corrected chi connectivity index (χ4v) is 4.25. The van der Waals surface area contributed by atoms with Crippen molar-refractivity contribution in [3.8, 4) is 5.75 Å². The van der Waals surface area contributed by atoms with E-state index in [9.17, 15) is 9.59 Å². The lowest BCUT2D eigenvalue weighted by molar-refractivity contribution is -0.131. The van der Waals surface area contributed by atoms with E-state index in [2.05, 4.69) is 10.2 Å². The van der Waals surface area contributed by atoms with Crippen LogP contribution in [0.2, 0.25) is 5.02 Å². The van der Waals surface area contributed by atoms with Crippen LogP contribution in [0.4, 0.5) is 10.5 Å². The second kappa shape index (κ2) is 10.2. The molecular weight excluding hydrogens is 432 g/mol. The highest BCUT2D eigenvalue weighted by Crippen LogP contribution is 2.31. The number of amides is 2. The number of nitrogens with one attached hydrogen (secondary N) is 1. The molecule has 2 saturated heterocycles. The zero-order valence-electron chi connectivity index (χ0n) is 19.7. The van der Waals surface area contributed by atoms with Crippen LogP contribution in [0, 0.1) is 0 Å². The van der Waals surface area contributed by atoms with Crippen LogP contribution in [0.5, 0.6) is 5.75 Å². The Labute approximate surface area is 195 Å². The lowest BCUT2D eigenvalue weighted by atomic mass is 10.1. The summed E-state index contributed by atoms with van der Waals surface area (Å²) in [6, 6.07) is 4.06. The van der Waals surface area contributed by atoms with Crippen molar-refractivity contribution >= 4 is 29.3 Å². The van der Waals surface area contributed by atoms with Crippen molar-refractivity contribution < 1.29 is 19.1 Å². The lowest BCUT2D eigenvalue weighted by Gasteiger charge is -2.48. The maximum absolute atomic E-state index is 12.7. The van der Waals surface area contributed by atoms with Crippen molar-refractivity contribution in [1.29, 1.82) is 0 Å². The first-order valence-corrected chi connectivity index (χ1v) is 11.6. The highest BCUT2D eigenvalue weighted by molar-refractivity contribution is 6.31. The quantitative estimate of drug-likeness (QED) is 0.694. The molecule has 0 bridgehead atoms. The van der Waals surface area contributed by atoms with Crippen LogP contribution in [0.25, 0.3) is 0 Å². The van der Waals surface area contributed by atoms with Crippen LogP contribution < -0.4 is 10.1 Å². The van der Waals surface area contributed by atoms with Gasteiger partial charge in [-0.25, -0.2) is 4.79 Å². The molecule has 2 amide bonds. The first-order chi connectivity index (χ1) is 15.1. The molecule has 0 unspecified atom stereocenters. The van der Waals surface area contributed by atoms with Crippen molar-refractivity contribution in [2.45, 2.75) is 45.8 Å². The van der Waals surface area contributed by atoms with E-state index in [0.717, 1.165) is 30.8 Å². The molecule has 3 rings (SSSR count). The van der Waals surface area contributed by atoms with Crippen LogP contribution in [0.15, 0.2) is 12.1 Å². The van der Waals surface area contributed by atoms with E-state index in [4.69, 9.17) is 21.1 Å². The third kappa shape index (κ3) is 5.98. The number of carbonyl (C=O) groups excluding carboxylic acids is 2. The Kier molecular flexibility index (Phi) is 7.77. The fourth-order valence-electron chi connectivity index (χ4n) is 3.96. The Hall–Kier alpha value is -2.19. The maximum atomic E-state index is 12.7. The fraction of sp³-hybridized carbons (Fsp3) is 0.652. The Morgan fingerprint density at radius 2 is 1.78 bits per heavy atom. The van der Waals surface area contributed by atoms with Gasteiger partial charge in [0.15, 0.2) is 0 Å². The molecule has 2 heterocycles. The molecule has 0 radical (unpaired) electrons. The largest absolute Gasteiger partial charge is 0.495 e. The maximum Gasteiger partial charge on any atom is 0.410 e. The first kappa shape index (κ1) is 24.5. The number of rotatable bonds is 6. The molecule has 8 nitrogen and oxygen atoms in total. The summed E-state index contributed by atoms with van der Waals surface area (Å²) in [5, 5.41) is 3.88. The third-order valence-electron chi connectivity index (χ3n) is 5.88. The van der Waals surface area contributed by atoms with Gasteiger partial charge in [0.05, 0.1) is 19.3 Å². The van der Waals surface area contributed by atoms with Crippen molar-refractivity contribution in [3.05, 3.63) is 22.7 Å². The summed E-state index contributed by atoms with van der Waals surface area (Å²) in [4.78, 5) is 30.8. The molecule has 0 saturated carbocycles. The Bertz CT molecular complexity index is 828. The first-order valence-electron chi connectivity index (χ1n) is 11.2. The molecule has 2 aliphatic heterocycles. The van der Waals surface area contributed by atoms with Gasteiger partial charge in [-0.05, 0) is 38.8 Å². The molecule has 0 aliphatic carbocycles.